The Morgan fingerprint density at radius 2 is 1.92 bits per heavy atom. The van der Waals surface area contributed by atoms with Gasteiger partial charge in [-0.25, -0.2) is 5.43 Å². The molecule has 132 valence electrons. The van der Waals surface area contributed by atoms with E-state index in [2.05, 4.69) is 10.5 Å². The van der Waals surface area contributed by atoms with Crippen molar-refractivity contribution in [3.63, 3.8) is 0 Å². The zero-order chi connectivity index (χ0) is 18.2. The summed E-state index contributed by atoms with van der Waals surface area (Å²) in [5.74, 6) is 1.02. The summed E-state index contributed by atoms with van der Waals surface area (Å²) in [6.07, 6.45) is 1.61. The van der Waals surface area contributed by atoms with E-state index in [4.69, 9.17) is 15.2 Å². The van der Waals surface area contributed by atoms with Crippen LogP contribution in [-0.2, 0) is 0 Å². The predicted molar refractivity (Wildman–Crippen MR) is 99.3 cm³/mol. The van der Waals surface area contributed by atoms with Gasteiger partial charge in [-0.15, -0.1) is 0 Å². The molecule has 0 atom stereocenters. The minimum absolute atomic E-state index is 0.0536. The highest BCUT2D eigenvalue weighted by atomic mass is 16.5. The number of anilines is 1. The number of hydrogen-bond acceptors (Lipinski definition) is 5. The number of ether oxygens (including phenoxy) is 2. The second-order valence-electron chi connectivity index (χ2n) is 5.63. The number of carbonyl (C=O) groups excluding carboxylic acids is 1. The van der Waals surface area contributed by atoms with E-state index in [-0.39, 0.29) is 12.0 Å². The molecular weight excluding hydrogens is 318 g/mol. The van der Waals surface area contributed by atoms with Crippen LogP contribution >= 0.6 is 0 Å². The molecule has 6 nitrogen and oxygen atoms in total. The van der Waals surface area contributed by atoms with E-state index in [1.807, 2.05) is 39.0 Å². The van der Waals surface area contributed by atoms with Crippen molar-refractivity contribution >= 4 is 17.8 Å². The average Bonchev–Trinajstić information content (AvgIpc) is 2.57. The van der Waals surface area contributed by atoms with Gasteiger partial charge in [0.15, 0.2) is 11.5 Å². The molecule has 3 N–H and O–H groups in total. The fourth-order valence-electron chi connectivity index (χ4n) is 2.09. The summed E-state index contributed by atoms with van der Waals surface area (Å²) in [4.78, 5) is 12.0. The van der Waals surface area contributed by atoms with Crippen LogP contribution in [0, 0.1) is 0 Å². The molecule has 0 aromatic heterocycles. The normalized spacial score (nSPS) is 10.9. The number of benzene rings is 2. The molecule has 0 aliphatic rings. The van der Waals surface area contributed by atoms with Crippen molar-refractivity contribution < 1.29 is 14.3 Å². The predicted octanol–water partition coefficient (Wildman–Crippen LogP) is 3.22. The number of hydrazone groups is 1. The Hall–Kier alpha value is -3.02. The molecule has 25 heavy (non-hydrogen) atoms. The van der Waals surface area contributed by atoms with Crippen LogP contribution in [0.1, 0.15) is 36.7 Å². The van der Waals surface area contributed by atoms with Gasteiger partial charge in [0.1, 0.15) is 0 Å². The van der Waals surface area contributed by atoms with E-state index in [1.54, 1.807) is 30.5 Å². The molecule has 0 saturated heterocycles. The number of carbonyl (C=O) groups is 1. The van der Waals surface area contributed by atoms with Crippen LogP contribution in [0.4, 0.5) is 5.69 Å². The lowest BCUT2D eigenvalue weighted by Crippen LogP contribution is -2.17. The van der Waals surface area contributed by atoms with Gasteiger partial charge in [-0.05, 0) is 68.8 Å². The molecular formula is C19H23N3O3. The summed E-state index contributed by atoms with van der Waals surface area (Å²) >= 11 is 0. The summed E-state index contributed by atoms with van der Waals surface area (Å²) in [5, 5.41) is 3.98. The lowest BCUT2D eigenvalue weighted by molar-refractivity contribution is 0.0955. The maximum atomic E-state index is 12.0. The smallest absolute Gasteiger partial charge is 0.271 e. The Kier molecular flexibility index (Phi) is 6.39. The van der Waals surface area contributed by atoms with Gasteiger partial charge < -0.3 is 15.2 Å². The zero-order valence-corrected chi connectivity index (χ0v) is 14.7. The molecule has 0 aliphatic heterocycles. The third-order valence-electron chi connectivity index (χ3n) is 3.18. The molecule has 0 fully saturated rings. The van der Waals surface area contributed by atoms with Gasteiger partial charge in [0.05, 0.1) is 18.9 Å². The number of nitrogens with one attached hydrogen (secondary N) is 1. The van der Waals surface area contributed by atoms with Crippen molar-refractivity contribution in [3.8, 4) is 11.5 Å². The largest absolute Gasteiger partial charge is 0.490 e. The number of hydrogen-bond donors (Lipinski definition) is 2. The fourth-order valence-corrected chi connectivity index (χ4v) is 2.09. The molecule has 0 unspecified atom stereocenters. The van der Waals surface area contributed by atoms with Crippen molar-refractivity contribution in [2.24, 2.45) is 5.10 Å². The minimum Gasteiger partial charge on any atom is -0.490 e. The lowest BCUT2D eigenvalue weighted by atomic mass is 10.2. The van der Waals surface area contributed by atoms with Crippen LogP contribution in [-0.4, -0.2) is 24.8 Å². The Morgan fingerprint density at radius 1 is 1.20 bits per heavy atom. The molecule has 0 aliphatic carbocycles. The van der Waals surface area contributed by atoms with Crippen molar-refractivity contribution in [3.05, 3.63) is 53.6 Å². The zero-order valence-electron chi connectivity index (χ0n) is 14.7. The Bertz CT molecular complexity index is 740. The third-order valence-corrected chi connectivity index (χ3v) is 3.18. The van der Waals surface area contributed by atoms with Crippen LogP contribution in [0.2, 0.25) is 0 Å². The van der Waals surface area contributed by atoms with Gasteiger partial charge >= 0.3 is 0 Å². The monoisotopic (exact) mass is 341 g/mol. The highest BCUT2D eigenvalue weighted by Gasteiger charge is 2.08. The maximum absolute atomic E-state index is 12.0. The molecule has 0 saturated carbocycles. The van der Waals surface area contributed by atoms with Crippen LogP contribution in [0.3, 0.4) is 0 Å². The Morgan fingerprint density at radius 3 is 2.56 bits per heavy atom. The standard InChI is InChI=1S/C19H23N3O3/c1-4-24-18-11-14(5-10-17(18)25-13(2)3)12-21-22-19(23)15-6-8-16(20)9-7-15/h5-13H,4,20H2,1-3H3,(H,22,23)/b21-12-. The van der Waals surface area contributed by atoms with Crippen LogP contribution in [0.15, 0.2) is 47.6 Å². The van der Waals surface area contributed by atoms with E-state index >= 15 is 0 Å². The van der Waals surface area contributed by atoms with Crippen LogP contribution in [0.25, 0.3) is 0 Å². The highest BCUT2D eigenvalue weighted by molar-refractivity contribution is 5.95. The van der Waals surface area contributed by atoms with Gasteiger partial charge in [-0.1, -0.05) is 0 Å². The van der Waals surface area contributed by atoms with Gasteiger partial charge in [0.25, 0.3) is 5.91 Å². The first-order valence-corrected chi connectivity index (χ1v) is 8.12. The van der Waals surface area contributed by atoms with E-state index < -0.39 is 0 Å². The SMILES string of the molecule is CCOc1cc(/C=N\NC(=O)c2ccc(N)cc2)ccc1OC(C)C. The lowest BCUT2D eigenvalue weighted by Gasteiger charge is -2.14. The number of nitrogens with two attached hydrogens (primary N) is 1. The molecule has 2 aromatic carbocycles. The van der Waals surface area contributed by atoms with Crippen molar-refractivity contribution in [2.75, 3.05) is 12.3 Å². The Balaban J connectivity index is 2.05. The summed E-state index contributed by atoms with van der Waals surface area (Å²) in [7, 11) is 0. The quantitative estimate of drug-likeness (QED) is 0.460. The van der Waals surface area contributed by atoms with Gasteiger partial charge in [-0.3, -0.25) is 4.79 Å². The highest BCUT2D eigenvalue weighted by Crippen LogP contribution is 2.28. The molecule has 2 rings (SSSR count). The van der Waals surface area contributed by atoms with Crippen molar-refractivity contribution in [1.29, 1.82) is 0 Å². The third kappa shape index (κ3) is 5.53. The van der Waals surface area contributed by atoms with E-state index in [1.165, 1.54) is 0 Å². The van der Waals surface area contributed by atoms with Crippen molar-refractivity contribution in [2.45, 2.75) is 26.9 Å². The van der Waals surface area contributed by atoms with Gasteiger partial charge in [0.2, 0.25) is 0 Å². The summed E-state index contributed by atoms with van der Waals surface area (Å²) in [6, 6.07) is 12.1. The maximum Gasteiger partial charge on any atom is 0.271 e. The second-order valence-corrected chi connectivity index (χ2v) is 5.63. The summed E-state index contributed by atoms with van der Waals surface area (Å²) < 4.78 is 11.3. The number of nitrogens with zero attached hydrogens (tertiary/aromatic N) is 1. The first-order valence-electron chi connectivity index (χ1n) is 8.12. The molecule has 0 radical (unpaired) electrons. The molecule has 2 aromatic rings. The first-order chi connectivity index (χ1) is 12.0. The second kappa shape index (κ2) is 8.73. The molecule has 1 amide bonds. The molecule has 0 heterocycles. The molecule has 0 bridgehead atoms. The van der Waals surface area contributed by atoms with Gasteiger partial charge in [-0.2, -0.15) is 5.10 Å². The number of rotatable bonds is 7. The fraction of sp³-hybridized carbons (Fsp3) is 0.263. The van der Waals surface area contributed by atoms with E-state index in [9.17, 15) is 4.79 Å². The van der Waals surface area contributed by atoms with Crippen LogP contribution < -0.4 is 20.6 Å². The summed E-state index contributed by atoms with van der Waals surface area (Å²) in [6.45, 7) is 6.35. The van der Waals surface area contributed by atoms with Crippen LogP contribution in [0.5, 0.6) is 11.5 Å². The molecule has 6 heteroatoms. The average molecular weight is 341 g/mol. The van der Waals surface area contributed by atoms with E-state index in [0.717, 1.165) is 5.56 Å². The first kappa shape index (κ1) is 18.3. The Labute approximate surface area is 147 Å². The van der Waals surface area contributed by atoms with Gasteiger partial charge in [0, 0.05) is 11.3 Å². The van der Waals surface area contributed by atoms with Crippen molar-refractivity contribution in [1.82, 2.24) is 5.43 Å². The summed E-state index contributed by atoms with van der Waals surface area (Å²) in [5.41, 5.74) is 9.96. The number of nitrogen functional groups attached to an aromatic ring is 1. The minimum atomic E-state index is -0.305. The molecule has 0 spiro atoms. The number of amides is 1. The topological polar surface area (TPSA) is 85.9 Å². The van der Waals surface area contributed by atoms with E-state index in [0.29, 0.717) is 29.4 Å².